The second-order valence-electron chi connectivity index (χ2n) is 10.1. The van der Waals surface area contributed by atoms with Gasteiger partial charge in [-0.1, -0.05) is 73.6 Å². The van der Waals surface area contributed by atoms with Crippen LogP contribution in [-0.2, 0) is 24.9 Å². The first kappa shape index (κ1) is 33.7. The van der Waals surface area contributed by atoms with E-state index in [0.29, 0.717) is 31.6 Å². The fourth-order valence-electron chi connectivity index (χ4n) is 4.61. The van der Waals surface area contributed by atoms with Crippen LogP contribution in [0.1, 0.15) is 89.8 Å². The smallest absolute Gasteiger partial charge is 0.203 e. The number of aliphatic hydroxyl groups is 1. The normalized spacial score (nSPS) is 11.8. The summed E-state index contributed by atoms with van der Waals surface area (Å²) in [4.78, 5) is 16.3. The Morgan fingerprint density at radius 3 is 2.08 bits per heavy atom. The largest absolute Gasteiger partial charge is 0.509 e. The van der Waals surface area contributed by atoms with E-state index < -0.39 is 11.6 Å². The first-order valence-electron chi connectivity index (χ1n) is 13.6. The number of aryl methyl sites for hydroxylation is 2. The zero-order valence-corrected chi connectivity index (χ0v) is 26.5. The number of nitrogens with zero attached hydrogens (tertiary/aromatic N) is 1. The maximum absolute atomic E-state index is 13.7. The number of carbonyl (C=O) groups excluding carboxylic acids is 1. The number of ketones is 1. The Morgan fingerprint density at radius 2 is 1.55 bits per heavy atom. The number of benzene rings is 2. The third kappa shape index (κ3) is 8.58. The molecule has 0 spiro atoms. The maximum atomic E-state index is 13.7. The molecule has 1 N–H and O–H groups in total. The van der Waals surface area contributed by atoms with E-state index in [1.807, 2.05) is 33.9 Å². The molecule has 38 heavy (non-hydrogen) atoms. The van der Waals surface area contributed by atoms with Gasteiger partial charge in [0.1, 0.15) is 5.76 Å². The maximum Gasteiger partial charge on any atom is 0.203 e. The van der Waals surface area contributed by atoms with Gasteiger partial charge in [0.15, 0.2) is 5.78 Å². The Hall–Kier alpha value is -2.36. The molecule has 1 radical (unpaired) electrons. The second kappa shape index (κ2) is 15.9. The van der Waals surface area contributed by atoms with Crippen LogP contribution in [0.25, 0.3) is 22.0 Å². The number of hydrogen-bond donors (Lipinski definition) is 1. The fraction of sp³-hybridized carbons (Fsp3) is 0.455. The average Bonchev–Trinajstić information content (AvgIpc) is 2.88. The third-order valence-electron chi connectivity index (χ3n) is 7.03. The van der Waals surface area contributed by atoms with Crippen molar-refractivity contribution in [2.75, 3.05) is 0 Å². The van der Waals surface area contributed by atoms with Gasteiger partial charge in [0.2, 0.25) is 5.83 Å². The molecule has 0 aliphatic heterocycles. The van der Waals surface area contributed by atoms with Gasteiger partial charge in [-0.25, -0.2) is 0 Å². The van der Waals surface area contributed by atoms with E-state index in [-0.39, 0.29) is 37.7 Å². The van der Waals surface area contributed by atoms with E-state index in [1.54, 1.807) is 0 Å². The molecule has 0 aliphatic rings. The van der Waals surface area contributed by atoms with Crippen LogP contribution in [0.3, 0.4) is 0 Å². The molecular formula is C33H43FIrNO2-. The number of hydrogen-bond acceptors (Lipinski definition) is 3. The first-order chi connectivity index (χ1) is 17.6. The number of Topliss-reactive ketones (excluding diaryl/α,β-unsaturated/α-hetero) is 1. The third-order valence-corrected chi connectivity index (χ3v) is 7.03. The molecular weight excluding hydrogens is 654 g/mol. The standard InChI is InChI=1S/C20H20N.C13H23FO2.Ir/c1-13(2)16-5-6-19-17(12-16)7-8-21-20(19)18-10-14(3)9-15(4)11-18;1-5-9(6-2)12(15)11(14)13(16)10(7-3)8-4;/h5-10,12-13H,1-4H3;9-10,15H,5-8H2,1-4H3;/q-1;;/b;12-11+;. The van der Waals surface area contributed by atoms with Crippen molar-refractivity contribution in [3.8, 4) is 11.3 Å². The Kier molecular flexibility index (Phi) is 14.1. The summed E-state index contributed by atoms with van der Waals surface area (Å²) < 4.78 is 13.7. The molecule has 5 heteroatoms. The topological polar surface area (TPSA) is 50.2 Å². The van der Waals surface area contributed by atoms with Crippen molar-refractivity contribution in [1.82, 2.24) is 4.98 Å². The van der Waals surface area contributed by atoms with Crippen molar-refractivity contribution in [1.29, 1.82) is 0 Å². The van der Waals surface area contributed by atoms with Gasteiger partial charge >= 0.3 is 0 Å². The Morgan fingerprint density at radius 1 is 0.947 bits per heavy atom. The predicted octanol–water partition coefficient (Wildman–Crippen LogP) is 9.61. The minimum Gasteiger partial charge on any atom is -0.509 e. The van der Waals surface area contributed by atoms with Gasteiger partial charge in [0, 0.05) is 38.1 Å². The quantitative estimate of drug-likeness (QED) is 0.138. The molecule has 0 amide bonds. The van der Waals surface area contributed by atoms with E-state index in [4.69, 9.17) is 0 Å². The number of pyridine rings is 1. The molecule has 0 saturated heterocycles. The molecule has 3 nitrogen and oxygen atoms in total. The van der Waals surface area contributed by atoms with Crippen LogP contribution in [0.5, 0.6) is 0 Å². The van der Waals surface area contributed by atoms with Crippen LogP contribution in [0.15, 0.2) is 54.2 Å². The summed E-state index contributed by atoms with van der Waals surface area (Å²) in [6, 6.07) is 16.5. The van der Waals surface area contributed by atoms with Gasteiger partial charge in [-0.3, -0.25) is 4.79 Å². The van der Waals surface area contributed by atoms with Crippen LogP contribution in [-0.4, -0.2) is 15.9 Å². The number of aliphatic hydroxyl groups excluding tert-OH is 1. The number of aromatic nitrogens is 1. The molecule has 209 valence electrons. The Labute approximate surface area is 242 Å². The molecule has 0 bridgehead atoms. The van der Waals surface area contributed by atoms with E-state index in [2.05, 4.69) is 75.1 Å². The van der Waals surface area contributed by atoms with E-state index >= 15 is 0 Å². The van der Waals surface area contributed by atoms with Crippen molar-refractivity contribution in [2.24, 2.45) is 11.8 Å². The number of halogens is 1. The summed E-state index contributed by atoms with van der Waals surface area (Å²) in [6.07, 6.45) is 4.41. The Bertz CT molecular complexity index is 1210. The van der Waals surface area contributed by atoms with E-state index in [0.717, 1.165) is 16.8 Å². The molecule has 0 unspecified atom stereocenters. The number of allylic oxidation sites excluding steroid dienone is 2. The minimum atomic E-state index is -0.928. The molecule has 0 saturated carbocycles. The van der Waals surface area contributed by atoms with Gasteiger partial charge in [-0.05, 0) is 59.7 Å². The number of carbonyl (C=O) groups is 1. The van der Waals surface area contributed by atoms with Gasteiger partial charge in [-0.2, -0.15) is 4.39 Å². The SMILES string of the molecule is CCC(CC)C(=O)/C(F)=C(\O)C(CC)CC.Cc1[c-]c(-c2nccc3cc(C(C)C)ccc23)cc(C)c1.[Ir]. The predicted molar refractivity (Wildman–Crippen MR) is 153 cm³/mol. The fourth-order valence-corrected chi connectivity index (χ4v) is 4.61. The van der Waals surface area contributed by atoms with E-state index in [9.17, 15) is 14.3 Å². The summed E-state index contributed by atoms with van der Waals surface area (Å²) in [7, 11) is 0. The van der Waals surface area contributed by atoms with Crippen molar-refractivity contribution < 1.29 is 34.4 Å². The van der Waals surface area contributed by atoms with Crippen LogP contribution in [0, 0.1) is 31.7 Å². The van der Waals surface area contributed by atoms with E-state index in [1.165, 1.54) is 21.9 Å². The van der Waals surface area contributed by atoms with Gasteiger partial charge in [-0.15, -0.1) is 34.9 Å². The van der Waals surface area contributed by atoms with Crippen LogP contribution in [0.2, 0.25) is 0 Å². The zero-order valence-electron chi connectivity index (χ0n) is 24.1. The number of rotatable bonds is 9. The summed E-state index contributed by atoms with van der Waals surface area (Å²) in [5.41, 5.74) is 5.87. The van der Waals surface area contributed by atoms with Gasteiger partial charge in [0.05, 0.1) is 0 Å². The molecule has 2 aromatic carbocycles. The minimum absolute atomic E-state index is 0. The summed E-state index contributed by atoms with van der Waals surface area (Å²) in [5.74, 6) is -1.84. The zero-order chi connectivity index (χ0) is 27.7. The van der Waals surface area contributed by atoms with Crippen LogP contribution in [0.4, 0.5) is 4.39 Å². The second-order valence-corrected chi connectivity index (χ2v) is 10.1. The molecule has 0 atom stereocenters. The Balaban J connectivity index is 0.000000387. The van der Waals surface area contributed by atoms with Crippen molar-refractivity contribution in [3.63, 3.8) is 0 Å². The van der Waals surface area contributed by atoms with Gasteiger partial charge < -0.3 is 10.1 Å². The number of fused-ring (bicyclic) bond motifs is 1. The summed E-state index contributed by atoms with van der Waals surface area (Å²) in [6.45, 7) is 16.1. The molecule has 1 heterocycles. The molecule has 0 aliphatic carbocycles. The summed E-state index contributed by atoms with van der Waals surface area (Å²) >= 11 is 0. The summed E-state index contributed by atoms with van der Waals surface area (Å²) in [5, 5.41) is 12.1. The van der Waals surface area contributed by atoms with Gasteiger partial charge in [0.25, 0.3) is 0 Å². The monoisotopic (exact) mass is 697 g/mol. The molecule has 0 fully saturated rings. The molecule has 3 rings (SSSR count). The van der Waals surface area contributed by atoms with Crippen molar-refractivity contribution in [2.45, 2.75) is 87.0 Å². The van der Waals surface area contributed by atoms with Crippen molar-refractivity contribution in [3.05, 3.63) is 76.9 Å². The average molecular weight is 697 g/mol. The van der Waals surface area contributed by atoms with Crippen molar-refractivity contribution >= 4 is 16.6 Å². The first-order valence-corrected chi connectivity index (χ1v) is 13.6. The van der Waals surface area contributed by atoms with Crippen LogP contribution >= 0.6 is 0 Å². The molecule has 1 aromatic heterocycles. The van der Waals surface area contributed by atoms with Crippen LogP contribution < -0.4 is 0 Å². The molecule has 3 aromatic rings.